The molecule has 1 aromatic heterocycles. The monoisotopic (exact) mass is 341 g/mol. The van der Waals surface area contributed by atoms with Crippen LogP contribution < -0.4 is 11.1 Å². The van der Waals surface area contributed by atoms with Gasteiger partial charge in [-0.05, 0) is 26.0 Å². The summed E-state index contributed by atoms with van der Waals surface area (Å²) < 4.78 is 5.70. The Morgan fingerprint density at radius 1 is 1.24 bits per heavy atom. The molecule has 0 radical (unpaired) electrons. The lowest BCUT2D eigenvalue weighted by Crippen LogP contribution is -2.48. The molecule has 1 amide bonds. The summed E-state index contributed by atoms with van der Waals surface area (Å²) in [6.07, 6.45) is 0.0754. The van der Waals surface area contributed by atoms with Crippen LogP contribution in [-0.4, -0.2) is 53.1 Å². The fourth-order valence-corrected chi connectivity index (χ4v) is 3.08. The molecule has 7 heteroatoms. The second-order valence-electron chi connectivity index (χ2n) is 6.29. The third kappa shape index (κ3) is 3.88. The van der Waals surface area contributed by atoms with E-state index in [2.05, 4.69) is 15.3 Å². The Labute approximate surface area is 147 Å². The highest BCUT2D eigenvalue weighted by atomic mass is 16.5. The molecule has 2 aromatic rings. The average molecular weight is 341 g/mol. The van der Waals surface area contributed by atoms with Gasteiger partial charge in [0, 0.05) is 37.3 Å². The molecule has 2 heterocycles. The van der Waals surface area contributed by atoms with E-state index >= 15 is 0 Å². The van der Waals surface area contributed by atoms with Crippen LogP contribution >= 0.6 is 0 Å². The molecular formula is C18H23N5O2. The molecule has 0 aliphatic carbocycles. The van der Waals surface area contributed by atoms with E-state index in [1.807, 2.05) is 43.0 Å². The summed E-state index contributed by atoms with van der Waals surface area (Å²) in [5.74, 6) is 0.823. The maximum Gasteiger partial charge on any atom is 0.254 e. The summed E-state index contributed by atoms with van der Waals surface area (Å²) in [4.78, 5) is 23.1. The van der Waals surface area contributed by atoms with E-state index in [0.717, 1.165) is 5.56 Å². The molecule has 1 aromatic carbocycles. The first-order valence-corrected chi connectivity index (χ1v) is 8.33. The predicted molar refractivity (Wildman–Crippen MR) is 97.3 cm³/mol. The van der Waals surface area contributed by atoms with E-state index in [1.54, 1.807) is 13.1 Å². The summed E-state index contributed by atoms with van der Waals surface area (Å²) in [5, 5.41) is 2.96. The summed E-state index contributed by atoms with van der Waals surface area (Å²) in [5.41, 5.74) is 7.89. The van der Waals surface area contributed by atoms with Gasteiger partial charge in [0.1, 0.15) is 5.82 Å². The van der Waals surface area contributed by atoms with Crippen molar-refractivity contribution in [2.75, 3.05) is 31.2 Å². The van der Waals surface area contributed by atoms with Gasteiger partial charge in [-0.25, -0.2) is 4.98 Å². The van der Waals surface area contributed by atoms with Gasteiger partial charge < -0.3 is 20.7 Å². The number of ether oxygens (including phenoxy) is 1. The van der Waals surface area contributed by atoms with Crippen LogP contribution in [0.4, 0.5) is 11.8 Å². The van der Waals surface area contributed by atoms with Crippen molar-refractivity contribution >= 4 is 17.7 Å². The smallest absolute Gasteiger partial charge is 0.254 e. The number of anilines is 2. The molecule has 1 fully saturated rings. The largest absolute Gasteiger partial charge is 0.373 e. The van der Waals surface area contributed by atoms with Crippen molar-refractivity contribution in [2.45, 2.75) is 26.1 Å². The molecule has 3 rings (SSSR count). The van der Waals surface area contributed by atoms with Gasteiger partial charge in [0.25, 0.3) is 5.91 Å². The van der Waals surface area contributed by atoms with Crippen molar-refractivity contribution < 1.29 is 9.53 Å². The van der Waals surface area contributed by atoms with Crippen LogP contribution in [0.25, 0.3) is 11.3 Å². The summed E-state index contributed by atoms with van der Waals surface area (Å²) in [7, 11) is 1.77. The first-order chi connectivity index (χ1) is 12.0. The predicted octanol–water partition coefficient (Wildman–Crippen LogP) is 2.02. The second kappa shape index (κ2) is 7.06. The zero-order valence-corrected chi connectivity index (χ0v) is 14.7. The van der Waals surface area contributed by atoms with E-state index in [1.165, 1.54) is 0 Å². The highest BCUT2D eigenvalue weighted by Gasteiger charge is 2.26. The number of hydrogen-bond donors (Lipinski definition) is 2. The Morgan fingerprint density at radius 2 is 1.96 bits per heavy atom. The van der Waals surface area contributed by atoms with Crippen molar-refractivity contribution in [2.24, 2.45) is 0 Å². The van der Waals surface area contributed by atoms with Crippen molar-refractivity contribution in [3.63, 3.8) is 0 Å². The Bertz CT molecular complexity index is 770. The Morgan fingerprint density at radius 3 is 2.64 bits per heavy atom. The summed E-state index contributed by atoms with van der Waals surface area (Å²) >= 11 is 0. The minimum Gasteiger partial charge on any atom is -0.373 e. The minimum atomic E-state index is -0.000261. The number of nitrogens with two attached hydrogens (primary N) is 1. The van der Waals surface area contributed by atoms with E-state index in [0.29, 0.717) is 30.2 Å². The molecule has 3 N–H and O–H groups in total. The van der Waals surface area contributed by atoms with Crippen molar-refractivity contribution in [3.8, 4) is 11.3 Å². The van der Waals surface area contributed by atoms with E-state index < -0.39 is 0 Å². The molecular weight excluding hydrogens is 318 g/mol. The van der Waals surface area contributed by atoms with Crippen LogP contribution in [-0.2, 0) is 4.74 Å². The number of carbonyl (C=O) groups excluding carboxylic acids is 1. The lowest BCUT2D eigenvalue weighted by Gasteiger charge is -2.35. The number of nitrogens with zero attached hydrogens (tertiary/aromatic N) is 3. The molecule has 0 saturated carbocycles. The number of aromatic nitrogens is 2. The van der Waals surface area contributed by atoms with Crippen LogP contribution in [0.5, 0.6) is 0 Å². The van der Waals surface area contributed by atoms with Gasteiger partial charge in [0.2, 0.25) is 5.95 Å². The van der Waals surface area contributed by atoms with Crippen LogP contribution in [0.1, 0.15) is 24.2 Å². The third-order valence-electron chi connectivity index (χ3n) is 4.11. The fourth-order valence-electron chi connectivity index (χ4n) is 3.08. The molecule has 1 aliphatic rings. The number of nitrogen functional groups attached to an aromatic ring is 1. The molecule has 25 heavy (non-hydrogen) atoms. The molecule has 0 unspecified atom stereocenters. The quantitative estimate of drug-likeness (QED) is 0.887. The number of benzene rings is 1. The third-order valence-corrected chi connectivity index (χ3v) is 4.11. The van der Waals surface area contributed by atoms with E-state index in [9.17, 15) is 4.79 Å². The normalized spacial score (nSPS) is 20.4. The van der Waals surface area contributed by atoms with Crippen LogP contribution in [0.15, 0.2) is 30.3 Å². The lowest BCUT2D eigenvalue weighted by molar-refractivity contribution is -0.0586. The Hall–Kier alpha value is -2.67. The number of nitrogens with one attached hydrogen (secondary N) is 1. The SMILES string of the molecule is CNc1cc(-c2cccc(C(=O)N3C[C@@H](C)O[C@@H](C)C3)c2)nc(N)n1. The van der Waals surface area contributed by atoms with E-state index in [4.69, 9.17) is 10.5 Å². The zero-order chi connectivity index (χ0) is 18.0. The number of hydrogen-bond acceptors (Lipinski definition) is 6. The van der Waals surface area contributed by atoms with Crippen LogP contribution in [0.2, 0.25) is 0 Å². The molecule has 1 saturated heterocycles. The number of carbonyl (C=O) groups is 1. The highest BCUT2D eigenvalue weighted by molar-refractivity contribution is 5.95. The van der Waals surface area contributed by atoms with Crippen molar-refractivity contribution in [1.82, 2.24) is 14.9 Å². The van der Waals surface area contributed by atoms with E-state index in [-0.39, 0.29) is 24.1 Å². The summed E-state index contributed by atoms with van der Waals surface area (Å²) in [6.45, 7) is 5.15. The standard InChI is InChI=1S/C18H23N5O2/c1-11-9-23(10-12(2)25-11)17(24)14-6-4-5-13(7-14)15-8-16(20-3)22-18(19)21-15/h4-8,11-12H,9-10H2,1-3H3,(H3,19,20,21,22)/t11-,12+. The minimum absolute atomic E-state index is 0.000261. The van der Waals surface area contributed by atoms with Gasteiger partial charge in [0.05, 0.1) is 17.9 Å². The lowest BCUT2D eigenvalue weighted by atomic mass is 10.1. The molecule has 1 aliphatic heterocycles. The molecule has 2 atom stereocenters. The number of morpholine rings is 1. The van der Waals surface area contributed by atoms with Crippen LogP contribution in [0.3, 0.4) is 0 Å². The van der Waals surface area contributed by atoms with Crippen molar-refractivity contribution in [3.05, 3.63) is 35.9 Å². The molecule has 132 valence electrons. The fraction of sp³-hybridized carbons (Fsp3) is 0.389. The first kappa shape index (κ1) is 17.2. The van der Waals surface area contributed by atoms with Gasteiger partial charge in [-0.2, -0.15) is 4.98 Å². The van der Waals surface area contributed by atoms with Gasteiger partial charge >= 0.3 is 0 Å². The van der Waals surface area contributed by atoms with Gasteiger partial charge in [-0.15, -0.1) is 0 Å². The van der Waals surface area contributed by atoms with Gasteiger partial charge in [0.15, 0.2) is 0 Å². The molecule has 0 spiro atoms. The Balaban J connectivity index is 1.89. The number of amides is 1. The van der Waals surface area contributed by atoms with Crippen molar-refractivity contribution in [1.29, 1.82) is 0 Å². The first-order valence-electron chi connectivity index (χ1n) is 8.33. The Kier molecular flexibility index (Phi) is 4.85. The molecule has 0 bridgehead atoms. The average Bonchev–Trinajstić information content (AvgIpc) is 2.59. The maximum absolute atomic E-state index is 12.9. The van der Waals surface area contributed by atoms with Gasteiger partial charge in [-0.1, -0.05) is 12.1 Å². The maximum atomic E-state index is 12.9. The van der Waals surface area contributed by atoms with Gasteiger partial charge in [-0.3, -0.25) is 4.79 Å². The molecule has 7 nitrogen and oxygen atoms in total. The highest BCUT2D eigenvalue weighted by Crippen LogP contribution is 2.23. The zero-order valence-electron chi connectivity index (χ0n) is 14.7. The van der Waals surface area contributed by atoms with Crippen LogP contribution in [0, 0.1) is 0 Å². The number of rotatable bonds is 3. The summed E-state index contributed by atoms with van der Waals surface area (Å²) in [6, 6.07) is 9.23. The topological polar surface area (TPSA) is 93.4 Å². The second-order valence-corrected chi connectivity index (χ2v) is 6.29.